The van der Waals surface area contributed by atoms with Crippen LogP contribution in [0.5, 0.6) is 0 Å². The first-order valence-corrected chi connectivity index (χ1v) is 10.4. The Hall–Kier alpha value is -2.27. The fraction of sp³-hybridized carbons (Fsp3) is 0.579. The van der Waals surface area contributed by atoms with Crippen LogP contribution in [0.1, 0.15) is 61.3 Å². The van der Waals surface area contributed by atoms with Crippen molar-refractivity contribution in [3.8, 4) is 6.07 Å². The van der Waals surface area contributed by atoms with Gasteiger partial charge in [0.1, 0.15) is 17.7 Å². The number of amides is 1. The smallest absolute Gasteiger partial charge is 0.235 e. The van der Waals surface area contributed by atoms with Gasteiger partial charge in [-0.05, 0) is 46.1 Å². The van der Waals surface area contributed by atoms with E-state index in [0.29, 0.717) is 17.4 Å². The van der Waals surface area contributed by atoms with Gasteiger partial charge in [-0.25, -0.2) is 0 Å². The van der Waals surface area contributed by atoms with Gasteiger partial charge in [0.25, 0.3) is 0 Å². The molecular weight excluding hydrogens is 360 g/mol. The van der Waals surface area contributed by atoms with Gasteiger partial charge < -0.3 is 14.5 Å². The molecule has 1 N–H and O–H groups in total. The third-order valence-electron chi connectivity index (χ3n) is 5.37. The van der Waals surface area contributed by atoms with Gasteiger partial charge in [-0.15, -0.1) is 10.2 Å². The number of carbonyl (C=O) groups excluding carboxylic acids is 1. The Morgan fingerprint density at radius 1 is 1.30 bits per heavy atom. The van der Waals surface area contributed by atoms with Gasteiger partial charge in [0.15, 0.2) is 5.16 Å². The molecule has 0 radical (unpaired) electrons. The Bertz CT molecular complexity index is 885. The predicted molar refractivity (Wildman–Crippen MR) is 106 cm³/mol. The molecule has 1 aliphatic carbocycles. The summed E-state index contributed by atoms with van der Waals surface area (Å²) in [5.74, 6) is 1.60. The van der Waals surface area contributed by atoms with Crippen molar-refractivity contribution < 1.29 is 4.79 Å². The molecule has 144 valence electrons. The zero-order valence-corrected chi connectivity index (χ0v) is 17.2. The maximum absolute atomic E-state index is 12.6. The molecule has 0 spiro atoms. The van der Waals surface area contributed by atoms with Crippen molar-refractivity contribution >= 4 is 23.5 Å². The normalized spacial score (nSPS) is 14.5. The number of aromatic nitrogens is 4. The van der Waals surface area contributed by atoms with E-state index < -0.39 is 0 Å². The lowest BCUT2D eigenvalue weighted by molar-refractivity contribution is -0.113. The molecule has 0 saturated heterocycles. The van der Waals surface area contributed by atoms with E-state index in [1.807, 2.05) is 32.3 Å². The molecular formula is C19H26N6OS. The summed E-state index contributed by atoms with van der Waals surface area (Å²) in [6.07, 6.45) is 4.57. The van der Waals surface area contributed by atoms with Crippen molar-refractivity contribution in [2.24, 2.45) is 0 Å². The minimum Gasteiger partial charge on any atom is -0.327 e. The quantitative estimate of drug-likeness (QED) is 0.764. The second kappa shape index (κ2) is 8.17. The predicted octanol–water partition coefficient (Wildman–Crippen LogP) is 3.74. The number of aryl methyl sites for hydroxylation is 1. The average molecular weight is 387 g/mol. The minimum atomic E-state index is -0.128. The van der Waals surface area contributed by atoms with E-state index >= 15 is 0 Å². The van der Waals surface area contributed by atoms with Crippen molar-refractivity contribution in [3.05, 3.63) is 22.6 Å². The Morgan fingerprint density at radius 3 is 2.63 bits per heavy atom. The van der Waals surface area contributed by atoms with Crippen molar-refractivity contribution in [1.29, 1.82) is 5.26 Å². The fourth-order valence-corrected chi connectivity index (χ4v) is 4.68. The van der Waals surface area contributed by atoms with Gasteiger partial charge in [-0.1, -0.05) is 24.6 Å². The third-order valence-corrected chi connectivity index (χ3v) is 6.33. The maximum atomic E-state index is 12.6. The summed E-state index contributed by atoms with van der Waals surface area (Å²) in [7, 11) is 0. The minimum absolute atomic E-state index is 0.128. The summed E-state index contributed by atoms with van der Waals surface area (Å²) >= 11 is 1.37. The molecule has 8 heteroatoms. The lowest BCUT2D eigenvalue weighted by Gasteiger charge is -2.19. The maximum Gasteiger partial charge on any atom is 0.235 e. The number of rotatable bonds is 6. The fourth-order valence-electron chi connectivity index (χ4n) is 3.84. The van der Waals surface area contributed by atoms with E-state index in [1.54, 1.807) is 0 Å². The van der Waals surface area contributed by atoms with Crippen LogP contribution in [0.15, 0.2) is 5.16 Å². The first-order chi connectivity index (χ1) is 13.0. The Morgan fingerprint density at radius 2 is 2.00 bits per heavy atom. The van der Waals surface area contributed by atoms with Crippen LogP contribution in [0, 0.1) is 32.1 Å². The van der Waals surface area contributed by atoms with Crippen LogP contribution in [0.4, 0.5) is 5.82 Å². The molecule has 1 amide bonds. The van der Waals surface area contributed by atoms with Crippen LogP contribution < -0.4 is 5.32 Å². The number of hydrogen-bond donors (Lipinski definition) is 1. The molecule has 7 nitrogen and oxygen atoms in total. The van der Waals surface area contributed by atoms with Crippen molar-refractivity contribution in [2.75, 3.05) is 11.1 Å². The van der Waals surface area contributed by atoms with Crippen LogP contribution in [0.25, 0.3) is 0 Å². The molecule has 0 bridgehead atoms. The van der Waals surface area contributed by atoms with E-state index in [0.717, 1.165) is 41.6 Å². The number of carbonyl (C=O) groups is 1. The van der Waals surface area contributed by atoms with Gasteiger partial charge in [0.05, 0.1) is 11.3 Å². The third kappa shape index (κ3) is 3.74. The van der Waals surface area contributed by atoms with E-state index in [4.69, 9.17) is 0 Å². The number of anilines is 1. The highest BCUT2D eigenvalue weighted by atomic mass is 32.2. The van der Waals surface area contributed by atoms with E-state index in [2.05, 4.69) is 26.2 Å². The molecule has 0 aromatic carbocycles. The standard InChI is InChI=1S/C19H26N6OS/c1-5-24-14(4)22-23-19(24)27-11-17(26)21-18-16(10-20)12(2)13(3)25(18)15-8-6-7-9-15/h15H,5-9,11H2,1-4H3,(H,21,26). The molecule has 0 atom stereocenters. The zero-order valence-electron chi connectivity index (χ0n) is 16.4. The highest BCUT2D eigenvalue weighted by Gasteiger charge is 2.26. The highest BCUT2D eigenvalue weighted by molar-refractivity contribution is 7.99. The number of nitriles is 1. The second-order valence-corrected chi connectivity index (χ2v) is 7.91. The van der Waals surface area contributed by atoms with Gasteiger partial charge in [0, 0.05) is 18.3 Å². The monoisotopic (exact) mass is 386 g/mol. The highest BCUT2D eigenvalue weighted by Crippen LogP contribution is 2.37. The van der Waals surface area contributed by atoms with E-state index in [1.165, 1.54) is 24.6 Å². The van der Waals surface area contributed by atoms with Crippen LogP contribution in [-0.4, -0.2) is 31.0 Å². The number of hydrogen-bond acceptors (Lipinski definition) is 5. The molecule has 0 unspecified atom stereocenters. The van der Waals surface area contributed by atoms with E-state index in [9.17, 15) is 10.1 Å². The van der Waals surface area contributed by atoms with Crippen LogP contribution in [0.3, 0.4) is 0 Å². The van der Waals surface area contributed by atoms with Gasteiger partial charge in [0.2, 0.25) is 5.91 Å². The lowest BCUT2D eigenvalue weighted by Crippen LogP contribution is -2.20. The van der Waals surface area contributed by atoms with Crippen LogP contribution in [0.2, 0.25) is 0 Å². The second-order valence-electron chi connectivity index (χ2n) is 6.97. The van der Waals surface area contributed by atoms with Crippen LogP contribution in [-0.2, 0) is 11.3 Å². The molecule has 3 rings (SSSR count). The Kier molecular flexibility index (Phi) is 5.90. The summed E-state index contributed by atoms with van der Waals surface area (Å²) in [5.41, 5.74) is 2.60. The van der Waals surface area contributed by atoms with Crippen LogP contribution >= 0.6 is 11.8 Å². The Labute approximate surface area is 164 Å². The first-order valence-electron chi connectivity index (χ1n) is 9.41. The van der Waals surface area contributed by atoms with E-state index in [-0.39, 0.29) is 11.7 Å². The van der Waals surface area contributed by atoms with Gasteiger partial charge >= 0.3 is 0 Å². The average Bonchev–Trinajstić information content (AvgIpc) is 3.34. The van der Waals surface area contributed by atoms with Gasteiger partial charge in [-0.3, -0.25) is 4.79 Å². The molecule has 1 fully saturated rings. The molecule has 27 heavy (non-hydrogen) atoms. The van der Waals surface area contributed by atoms with Gasteiger partial charge in [-0.2, -0.15) is 5.26 Å². The summed E-state index contributed by atoms with van der Waals surface area (Å²) < 4.78 is 4.15. The SMILES string of the molecule is CCn1c(C)nnc1SCC(=O)Nc1c(C#N)c(C)c(C)n1C1CCCC1. The number of nitrogens with one attached hydrogen (secondary N) is 1. The Balaban J connectivity index is 1.79. The molecule has 2 heterocycles. The summed E-state index contributed by atoms with van der Waals surface area (Å²) in [4.78, 5) is 12.6. The molecule has 0 aliphatic heterocycles. The van der Waals surface area contributed by atoms with Crippen molar-refractivity contribution in [3.63, 3.8) is 0 Å². The number of thioether (sulfide) groups is 1. The molecule has 1 aliphatic rings. The van der Waals surface area contributed by atoms with Crippen molar-refractivity contribution in [2.45, 2.75) is 71.1 Å². The largest absolute Gasteiger partial charge is 0.327 e. The summed E-state index contributed by atoms with van der Waals surface area (Å²) in [6, 6.07) is 2.64. The molecule has 2 aromatic heterocycles. The first kappa shape index (κ1) is 19.5. The topological polar surface area (TPSA) is 88.5 Å². The lowest BCUT2D eigenvalue weighted by atomic mass is 10.2. The summed E-state index contributed by atoms with van der Waals surface area (Å²) in [5, 5.41) is 21.6. The van der Waals surface area contributed by atoms with Crippen molar-refractivity contribution in [1.82, 2.24) is 19.3 Å². The zero-order chi connectivity index (χ0) is 19.6. The number of nitrogens with zero attached hydrogens (tertiary/aromatic N) is 5. The molecule has 1 saturated carbocycles. The molecule has 2 aromatic rings. The summed E-state index contributed by atoms with van der Waals surface area (Å²) in [6.45, 7) is 8.69.